The maximum atomic E-state index is 13.6. The number of amides is 1. The molecule has 0 N–H and O–H groups in total. The van der Waals surface area contributed by atoms with Crippen molar-refractivity contribution < 1.29 is 9.18 Å². The van der Waals surface area contributed by atoms with Gasteiger partial charge in [0.2, 0.25) is 0 Å². The molecule has 0 fully saturated rings. The predicted molar refractivity (Wildman–Crippen MR) is 76.3 cm³/mol. The summed E-state index contributed by atoms with van der Waals surface area (Å²) < 4.78 is 13.6. The van der Waals surface area contributed by atoms with Gasteiger partial charge in [0.15, 0.2) is 0 Å². The lowest BCUT2D eigenvalue weighted by Gasteiger charge is -2.17. The molecular weight excluding hydrogens is 279 g/mol. The van der Waals surface area contributed by atoms with Crippen molar-refractivity contribution in [3.05, 3.63) is 64.7 Å². The van der Waals surface area contributed by atoms with Gasteiger partial charge in [-0.25, -0.2) is 4.39 Å². The summed E-state index contributed by atoms with van der Waals surface area (Å²) in [4.78, 5) is 17.6. The number of carbonyl (C=O) groups excluding carboxylic acids is 1. The highest BCUT2D eigenvalue weighted by Gasteiger charge is 2.16. The Morgan fingerprint density at radius 3 is 2.70 bits per heavy atom. The standard InChI is InChI=1S/C15H14ClFN2O/c1-19(9-6-11-4-7-18-8-5-11)15(20)13-10-12(16)2-3-14(13)17/h2-5,7-8,10H,6,9H2,1H3. The number of rotatable bonds is 4. The van der Waals surface area contributed by atoms with Crippen molar-refractivity contribution in [2.45, 2.75) is 6.42 Å². The Morgan fingerprint density at radius 2 is 2.00 bits per heavy atom. The van der Waals surface area contributed by atoms with Crippen molar-refractivity contribution in [3.8, 4) is 0 Å². The first-order valence-corrected chi connectivity index (χ1v) is 6.55. The highest BCUT2D eigenvalue weighted by molar-refractivity contribution is 6.30. The van der Waals surface area contributed by atoms with Crippen molar-refractivity contribution in [3.63, 3.8) is 0 Å². The number of benzene rings is 1. The van der Waals surface area contributed by atoms with Crippen LogP contribution < -0.4 is 0 Å². The minimum Gasteiger partial charge on any atom is -0.341 e. The molecule has 2 aromatic rings. The Morgan fingerprint density at radius 1 is 1.30 bits per heavy atom. The van der Waals surface area contributed by atoms with Crippen LogP contribution in [-0.2, 0) is 6.42 Å². The number of halogens is 2. The molecule has 0 aliphatic rings. The lowest BCUT2D eigenvalue weighted by molar-refractivity contribution is 0.0792. The van der Waals surface area contributed by atoms with Crippen LogP contribution in [0.4, 0.5) is 4.39 Å². The molecular formula is C15H14ClFN2O. The Hall–Kier alpha value is -1.94. The number of carbonyl (C=O) groups is 1. The molecule has 0 saturated heterocycles. The van der Waals surface area contributed by atoms with Crippen molar-refractivity contribution in [1.29, 1.82) is 0 Å². The quantitative estimate of drug-likeness (QED) is 0.867. The first-order valence-electron chi connectivity index (χ1n) is 6.17. The molecule has 1 aromatic heterocycles. The van der Waals surface area contributed by atoms with Crippen LogP contribution in [-0.4, -0.2) is 29.4 Å². The van der Waals surface area contributed by atoms with E-state index < -0.39 is 5.82 Å². The van der Waals surface area contributed by atoms with Gasteiger partial charge in [0.05, 0.1) is 5.56 Å². The number of hydrogen-bond donors (Lipinski definition) is 0. The number of aromatic nitrogens is 1. The second kappa shape index (κ2) is 6.48. The fourth-order valence-corrected chi connectivity index (χ4v) is 1.99. The molecule has 3 nitrogen and oxygen atoms in total. The average molecular weight is 293 g/mol. The second-order valence-electron chi connectivity index (χ2n) is 4.46. The summed E-state index contributed by atoms with van der Waals surface area (Å²) in [5.74, 6) is -0.936. The van der Waals surface area contributed by atoms with Crippen LogP contribution in [0.2, 0.25) is 5.02 Å². The van der Waals surface area contributed by atoms with Crippen LogP contribution in [0, 0.1) is 5.82 Å². The minimum absolute atomic E-state index is 0.00488. The van der Waals surface area contributed by atoms with Crippen molar-refractivity contribution in [1.82, 2.24) is 9.88 Å². The smallest absolute Gasteiger partial charge is 0.256 e. The summed E-state index contributed by atoms with van der Waals surface area (Å²) in [6.07, 6.45) is 4.09. The van der Waals surface area contributed by atoms with Gasteiger partial charge < -0.3 is 4.90 Å². The normalized spacial score (nSPS) is 10.3. The van der Waals surface area contributed by atoms with Gasteiger partial charge >= 0.3 is 0 Å². The highest BCUT2D eigenvalue weighted by atomic mass is 35.5. The molecule has 2 rings (SSSR count). The van der Waals surface area contributed by atoms with Crippen LogP contribution in [0.1, 0.15) is 15.9 Å². The molecule has 0 aliphatic carbocycles. The third-order valence-corrected chi connectivity index (χ3v) is 3.23. The molecule has 0 spiro atoms. The molecule has 104 valence electrons. The molecule has 0 atom stereocenters. The molecule has 20 heavy (non-hydrogen) atoms. The summed E-state index contributed by atoms with van der Waals surface area (Å²) in [5.41, 5.74) is 1.07. The Labute approximate surface area is 122 Å². The number of likely N-dealkylation sites (N-methyl/N-ethyl adjacent to an activating group) is 1. The van der Waals surface area contributed by atoms with Gasteiger partial charge in [-0.3, -0.25) is 9.78 Å². The molecule has 0 bridgehead atoms. The lowest BCUT2D eigenvalue weighted by Crippen LogP contribution is -2.29. The van der Waals surface area contributed by atoms with Crippen molar-refractivity contribution >= 4 is 17.5 Å². The van der Waals surface area contributed by atoms with E-state index in [1.807, 2.05) is 12.1 Å². The fraction of sp³-hybridized carbons (Fsp3) is 0.200. The third-order valence-electron chi connectivity index (χ3n) is 2.99. The zero-order chi connectivity index (χ0) is 14.5. The van der Waals surface area contributed by atoms with Crippen molar-refractivity contribution in [2.75, 3.05) is 13.6 Å². The summed E-state index contributed by atoms with van der Waals surface area (Å²) in [6, 6.07) is 7.75. The zero-order valence-electron chi connectivity index (χ0n) is 11.0. The molecule has 1 amide bonds. The van der Waals surface area contributed by atoms with E-state index in [1.165, 1.54) is 23.1 Å². The van der Waals surface area contributed by atoms with Gasteiger partial charge in [-0.1, -0.05) is 11.6 Å². The monoisotopic (exact) mass is 292 g/mol. The summed E-state index contributed by atoms with van der Waals surface area (Å²) >= 11 is 5.79. The lowest BCUT2D eigenvalue weighted by atomic mass is 10.1. The number of hydrogen-bond acceptors (Lipinski definition) is 2. The Kier molecular flexibility index (Phi) is 4.69. The molecule has 0 radical (unpaired) electrons. The topological polar surface area (TPSA) is 33.2 Å². The molecule has 1 aromatic carbocycles. The van der Waals surface area contributed by atoms with E-state index in [1.54, 1.807) is 19.4 Å². The number of nitrogens with zero attached hydrogens (tertiary/aromatic N) is 2. The largest absolute Gasteiger partial charge is 0.341 e. The van der Waals surface area contributed by atoms with Gasteiger partial charge in [-0.05, 0) is 42.3 Å². The Balaban J connectivity index is 2.03. The van der Waals surface area contributed by atoms with Crippen LogP contribution in [0.3, 0.4) is 0 Å². The highest BCUT2D eigenvalue weighted by Crippen LogP contribution is 2.16. The molecule has 5 heteroatoms. The van der Waals surface area contributed by atoms with Gasteiger partial charge in [0.1, 0.15) is 5.82 Å². The molecule has 0 unspecified atom stereocenters. The van der Waals surface area contributed by atoms with Crippen LogP contribution in [0.25, 0.3) is 0 Å². The summed E-state index contributed by atoms with van der Waals surface area (Å²) in [5, 5.41) is 0.345. The fourth-order valence-electron chi connectivity index (χ4n) is 1.81. The molecule has 0 aliphatic heterocycles. The minimum atomic E-state index is -0.560. The maximum absolute atomic E-state index is 13.6. The van der Waals surface area contributed by atoms with E-state index in [2.05, 4.69) is 4.98 Å². The maximum Gasteiger partial charge on any atom is 0.256 e. The predicted octanol–water partition coefficient (Wildman–Crippen LogP) is 3.19. The first kappa shape index (κ1) is 14.5. The number of pyridine rings is 1. The zero-order valence-corrected chi connectivity index (χ0v) is 11.8. The van der Waals surface area contributed by atoms with Crippen LogP contribution >= 0.6 is 11.6 Å². The molecule has 1 heterocycles. The van der Waals surface area contributed by atoms with E-state index in [9.17, 15) is 9.18 Å². The van der Waals surface area contributed by atoms with E-state index in [4.69, 9.17) is 11.6 Å². The average Bonchev–Trinajstić information content (AvgIpc) is 2.47. The van der Waals surface area contributed by atoms with Gasteiger partial charge in [0, 0.05) is 31.0 Å². The second-order valence-corrected chi connectivity index (χ2v) is 4.89. The van der Waals surface area contributed by atoms with E-state index >= 15 is 0 Å². The SMILES string of the molecule is CN(CCc1ccncc1)C(=O)c1cc(Cl)ccc1F. The Bertz CT molecular complexity index is 604. The first-order chi connectivity index (χ1) is 9.58. The van der Waals surface area contributed by atoms with E-state index in [-0.39, 0.29) is 11.5 Å². The van der Waals surface area contributed by atoms with Gasteiger partial charge in [-0.2, -0.15) is 0 Å². The van der Waals surface area contributed by atoms with Crippen LogP contribution in [0.5, 0.6) is 0 Å². The third kappa shape index (κ3) is 3.54. The van der Waals surface area contributed by atoms with Crippen molar-refractivity contribution in [2.24, 2.45) is 0 Å². The summed E-state index contributed by atoms with van der Waals surface area (Å²) in [6.45, 7) is 0.495. The van der Waals surface area contributed by atoms with Crippen LogP contribution in [0.15, 0.2) is 42.7 Å². The van der Waals surface area contributed by atoms with E-state index in [0.717, 1.165) is 5.56 Å². The van der Waals surface area contributed by atoms with E-state index in [0.29, 0.717) is 18.0 Å². The van der Waals surface area contributed by atoms with Gasteiger partial charge in [0.25, 0.3) is 5.91 Å². The summed E-state index contributed by atoms with van der Waals surface area (Å²) in [7, 11) is 1.64. The molecule has 0 saturated carbocycles. The van der Waals surface area contributed by atoms with Gasteiger partial charge in [-0.15, -0.1) is 0 Å².